The van der Waals surface area contributed by atoms with E-state index < -0.39 is 30.5 Å². The maximum absolute atomic E-state index is 6.87. The van der Waals surface area contributed by atoms with Gasteiger partial charge in [0, 0.05) is 11.9 Å². The highest BCUT2D eigenvalue weighted by molar-refractivity contribution is 5.18. The molecule has 226 valence electrons. The fraction of sp³-hybridized carbons (Fsp3) is 0.263. The van der Waals surface area contributed by atoms with Crippen molar-refractivity contribution in [3.8, 4) is 0 Å². The van der Waals surface area contributed by atoms with Crippen LogP contribution in [0.5, 0.6) is 0 Å². The van der Waals surface area contributed by atoms with E-state index in [1.165, 1.54) is 0 Å². The van der Waals surface area contributed by atoms with Gasteiger partial charge in [0.25, 0.3) is 0 Å². The first-order valence-electron chi connectivity index (χ1n) is 15.2. The third-order valence-electron chi connectivity index (χ3n) is 7.81. The highest BCUT2D eigenvalue weighted by atomic mass is 16.6. The van der Waals surface area contributed by atoms with Crippen LogP contribution >= 0.6 is 0 Å². The van der Waals surface area contributed by atoms with Gasteiger partial charge in [0.15, 0.2) is 0 Å². The Balaban J connectivity index is 1.31. The summed E-state index contributed by atoms with van der Waals surface area (Å²) >= 11 is 0. The molecule has 1 aliphatic heterocycles. The Morgan fingerprint density at radius 1 is 0.477 bits per heavy atom. The van der Waals surface area contributed by atoms with Gasteiger partial charge >= 0.3 is 0 Å². The molecule has 0 bridgehead atoms. The molecule has 1 fully saturated rings. The zero-order valence-corrected chi connectivity index (χ0v) is 24.7. The van der Waals surface area contributed by atoms with E-state index in [9.17, 15) is 0 Å². The van der Waals surface area contributed by atoms with E-state index in [2.05, 4.69) is 53.5 Å². The van der Waals surface area contributed by atoms with Gasteiger partial charge in [-0.2, -0.15) is 0 Å². The van der Waals surface area contributed by atoms with Crippen molar-refractivity contribution < 1.29 is 23.7 Å². The fourth-order valence-electron chi connectivity index (χ4n) is 5.56. The summed E-state index contributed by atoms with van der Waals surface area (Å²) in [6.07, 6.45) is -0.282. The summed E-state index contributed by atoms with van der Waals surface area (Å²) in [6, 6.07) is 44.7. The van der Waals surface area contributed by atoms with E-state index in [0.29, 0.717) is 33.0 Å². The second kappa shape index (κ2) is 15.6. The molecule has 1 saturated heterocycles. The standard InChI is InChI=1S/C38H39NO5/c1-5-14-29(15-6-1)24-40-28-34-36(41-25-30-16-7-2-8-17-30)38(43-27-32-20-11-4-12-21-32)37(35(44-34)33-22-13-23-39-33)42-26-31-18-9-3-10-19-31/h1-23,34-39H,24-28H2/t34-,35+,36-,37+,38+/m1/s1. The van der Waals surface area contributed by atoms with Crippen LogP contribution in [0, 0.1) is 0 Å². The monoisotopic (exact) mass is 589 g/mol. The van der Waals surface area contributed by atoms with Crippen LogP contribution in [0.25, 0.3) is 0 Å². The van der Waals surface area contributed by atoms with Crippen LogP contribution in [0.2, 0.25) is 0 Å². The Bertz CT molecular complexity index is 1480. The molecule has 2 heterocycles. The lowest BCUT2D eigenvalue weighted by Crippen LogP contribution is -2.58. The number of hydrogen-bond acceptors (Lipinski definition) is 5. The molecule has 6 nitrogen and oxygen atoms in total. The summed E-state index contributed by atoms with van der Waals surface area (Å²) in [5, 5.41) is 0. The first-order chi connectivity index (χ1) is 21.8. The number of rotatable bonds is 14. The van der Waals surface area contributed by atoms with Crippen LogP contribution in [0.1, 0.15) is 34.1 Å². The molecule has 44 heavy (non-hydrogen) atoms. The van der Waals surface area contributed by atoms with E-state index in [4.69, 9.17) is 23.7 Å². The van der Waals surface area contributed by atoms with Crippen LogP contribution in [-0.2, 0) is 50.1 Å². The van der Waals surface area contributed by atoms with Crippen LogP contribution < -0.4 is 0 Å². The molecule has 0 radical (unpaired) electrons. The molecule has 1 N–H and O–H groups in total. The normalized spacial score (nSPS) is 21.7. The van der Waals surface area contributed by atoms with E-state index >= 15 is 0 Å². The Kier molecular flexibility index (Phi) is 10.6. The predicted molar refractivity (Wildman–Crippen MR) is 170 cm³/mol. The van der Waals surface area contributed by atoms with E-state index in [1.807, 2.05) is 91.1 Å². The third kappa shape index (κ3) is 8.11. The van der Waals surface area contributed by atoms with Gasteiger partial charge < -0.3 is 28.7 Å². The average molecular weight is 590 g/mol. The smallest absolute Gasteiger partial charge is 0.127 e. The number of H-pyrrole nitrogens is 1. The summed E-state index contributed by atoms with van der Waals surface area (Å²) in [4.78, 5) is 3.36. The van der Waals surface area contributed by atoms with Gasteiger partial charge in [0.05, 0.1) is 33.0 Å². The minimum absolute atomic E-state index is 0.335. The summed E-state index contributed by atoms with van der Waals surface area (Å²) in [5.74, 6) is 0. The first-order valence-corrected chi connectivity index (χ1v) is 15.2. The third-order valence-corrected chi connectivity index (χ3v) is 7.81. The number of aromatic amines is 1. The zero-order valence-electron chi connectivity index (χ0n) is 24.7. The molecular weight excluding hydrogens is 550 g/mol. The molecule has 6 heteroatoms. The number of nitrogens with one attached hydrogen (secondary N) is 1. The molecule has 0 amide bonds. The molecule has 4 aromatic carbocycles. The molecule has 0 spiro atoms. The summed E-state index contributed by atoms with van der Waals surface area (Å²) in [7, 11) is 0. The van der Waals surface area contributed by atoms with Gasteiger partial charge in [-0.05, 0) is 34.4 Å². The van der Waals surface area contributed by atoms with Gasteiger partial charge in [-0.15, -0.1) is 0 Å². The largest absolute Gasteiger partial charge is 0.374 e. The van der Waals surface area contributed by atoms with Crippen LogP contribution in [-0.4, -0.2) is 36.0 Å². The van der Waals surface area contributed by atoms with Crippen molar-refractivity contribution in [2.45, 2.75) is 56.9 Å². The number of aromatic nitrogens is 1. The Hall–Kier alpha value is -4.04. The molecule has 0 aliphatic carbocycles. The second-order valence-electron chi connectivity index (χ2n) is 11.0. The zero-order chi connectivity index (χ0) is 29.8. The van der Waals surface area contributed by atoms with Crippen molar-refractivity contribution in [1.29, 1.82) is 0 Å². The minimum Gasteiger partial charge on any atom is -0.374 e. The fourth-order valence-corrected chi connectivity index (χ4v) is 5.56. The Morgan fingerprint density at radius 2 is 0.932 bits per heavy atom. The van der Waals surface area contributed by atoms with Crippen molar-refractivity contribution >= 4 is 0 Å². The van der Waals surface area contributed by atoms with E-state index in [-0.39, 0.29) is 0 Å². The van der Waals surface area contributed by atoms with Crippen LogP contribution in [0.3, 0.4) is 0 Å². The quantitative estimate of drug-likeness (QED) is 0.146. The molecule has 1 aliphatic rings. The lowest BCUT2D eigenvalue weighted by Gasteiger charge is -2.46. The lowest BCUT2D eigenvalue weighted by atomic mass is 9.92. The molecular formula is C38H39NO5. The molecule has 0 unspecified atom stereocenters. The maximum Gasteiger partial charge on any atom is 0.127 e. The number of benzene rings is 4. The molecule has 1 aromatic heterocycles. The SMILES string of the molecule is c1ccc(COC[C@H]2O[C@@H](c3ccc[nH]3)[C@H](OCc3ccccc3)[C@@H](OCc3ccccc3)[C@@H]2OCc2ccccc2)cc1. The molecule has 5 atom stereocenters. The number of hydrogen-bond donors (Lipinski definition) is 1. The summed E-state index contributed by atoms with van der Waals surface area (Å²) < 4.78 is 33.4. The summed E-state index contributed by atoms with van der Waals surface area (Å²) in [6.45, 7) is 2.05. The minimum atomic E-state index is -0.457. The van der Waals surface area contributed by atoms with Gasteiger partial charge in [-0.3, -0.25) is 0 Å². The maximum atomic E-state index is 6.87. The Labute approximate surface area is 259 Å². The van der Waals surface area contributed by atoms with Crippen molar-refractivity contribution in [2.75, 3.05) is 6.61 Å². The van der Waals surface area contributed by atoms with Gasteiger partial charge in [0.2, 0.25) is 0 Å². The van der Waals surface area contributed by atoms with E-state index in [0.717, 1.165) is 27.9 Å². The predicted octanol–water partition coefficient (Wildman–Crippen LogP) is 7.43. The van der Waals surface area contributed by atoms with Crippen molar-refractivity contribution in [3.63, 3.8) is 0 Å². The number of ether oxygens (including phenoxy) is 5. The molecule has 6 rings (SSSR count). The lowest BCUT2D eigenvalue weighted by molar-refractivity contribution is -0.275. The average Bonchev–Trinajstić information content (AvgIpc) is 3.63. The van der Waals surface area contributed by atoms with Crippen LogP contribution in [0.15, 0.2) is 140 Å². The topological polar surface area (TPSA) is 61.9 Å². The van der Waals surface area contributed by atoms with E-state index in [1.54, 1.807) is 0 Å². The second-order valence-corrected chi connectivity index (χ2v) is 11.0. The highest BCUT2D eigenvalue weighted by Gasteiger charge is 2.49. The van der Waals surface area contributed by atoms with Gasteiger partial charge in [0.1, 0.15) is 30.5 Å². The van der Waals surface area contributed by atoms with Crippen molar-refractivity contribution in [2.24, 2.45) is 0 Å². The Morgan fingerprint density at radius 3 is 1.41 bits per heavy atom. The summed E-state index contributed by atoms with van der Waals surface area (Å²) in [5.41, 5.74) is 5.26. The first kappa shape index (κ1) is 30.0. The van der Waals surface area contributed by atoms with Crippen molar-refractivity contribution in [3.05, 3.63) is 168 Å². The molecule has 0 saturated carbocycles. The van der Waals surface area contributed by atoms with Gasteiger partial charge in [-0.25, -0.2) is 0 Å². The highest BCUT2D eigenvalue weighted by Crippen LogP contribution is 2.38. The molecule has 5 aromatic rings. The van der Waals surface area contributed by atoms with Crippen LogP contribution in [0.4, 0.5) is 0 Å². The van der Waals surface area contributed by atoms with Crippen molar-refractivity contribution in [1.82, 2.24) is 4.98 Å². The van der Waals surface area contributed by atoms with Gasteiger partial charge in [-0.1, -0.05) is 121 Å².